The van der Waals surface area contributed by atoms with E-state index in [0.717, 1.165) is 12.8 Å². The van der Waals surface area contributed by atoms with Crippen LogP contribution in [0.2, 0.25) is 0 Å². The van der Waals surface area contributed by atoms with Gasteiger partial charge in [-0.05, 0) is 18.6 Å². The summed E-state index contributed by atoms with van der Waals surface area (Å²) >= 11 is 0. The summed E-state index contributed by atoms with van der Waals surface area (Å²) < 4.78 is 9.80. The number of nitrogens with zero attached hydrogens (tertiary/aromatic N) is 4. The van der Waals surface area contributed by atoms with Crippen LogP contribution in [0, 0.1) is 0 Å². The van der Waals surface area contributed by atoms with E-state index in [9.17, 15) is 9.59 Å². The third-order valence-electron chi connectivity index (χ3n) is 3.63. The monoisotopic (exact) mass is 322 g/mol. The number of carbonyl (C=O) groups excluding carboxylic acids is 2. The van der Waals surface area contributed by atoms with Crippen molar-refractivity contribution in [2.45, 2.75) is 19.8 Å². The first-order valence-electron chi connectivity index (χ1n) is 7.74. The number of rotatable bonds is 5. The highest BCUT2D eigenvalue weighted by Crippen LogP contribution is 2.13. The molecule has 0 bridgehead atoms. The highest BCUT2D eigenvalue weighted by Gasteiger charge is 2.23. The van der Waals surface area contributed by atoms with Gasteiger partial charge in [-0.15, -0.1) is 10.2 Å². The van der Waals surface area contributed by atoms with Crippen molar-refractivity contribution in [2.75, 3.05) is 44.8 Å². The van der Waals surface area contributed by atoms with Crippen LogP contribution in [0.25, 0.3) is 0 Å². The number of esters is 1. The first kappa shape index (κ1) is 17.0. The first-order valence-corrected chi connectivity index (χ1v) is 7.74. The van der Waals surface area contributed by atoms with Gasteiger partial charge < -0.3 is 19.3 Å². The fourth-order valence-corrected chi connectivity index (χ4v) is 2.22. The highest BCUT2D eigenvalue weighted by molar-refractivity contribution is 5.87. The first-order chi connectivity index (χ1) is 11.2. The third-order valence-corrected chi connectivity index (χ3v) is 3.63. The lowest BCUT2D eigenvalue weighted by Crippen LogP contribution is -2.49. The van der Waals surface area contributed by atoms with Crippen LogP contribution in [0.4, 0.5) is 10.6 Å². The van der Waals surface area contributed by atoms with Gasteiger partial charge in [-0.2, -0.15) is 0 Å². The van der Waals surface area contributed by atoms with Crippen molar-refractivity contribution in [1.29, 1.82) is 0 Å². The number of ether oxygens (including phenoxy) is 2. The van der Waals surface area contributed by atoms with Gasteiger partial charge in [-0.1, -0.05) is 13.3 Å². The number of piperazine rings is 1. The second kappa shape index (κ2) is 8.30. The summed E-state index contributed by atoms with van der Waals surface area (Å²) in [6.07, 6.45) is 1.63. The van der Waals surface area contributed by atoms with Gasteiger partial charge in [0, 0.05) is 26.2 Å². The maximum absolute atomic E-state index is 11.9. The number of aromatic nitrogens is 2. The van der Waals surface area contributed by atoms with E-state index >= 15 is 0 Å². The summed E-state index contributed by atoms with van der Waals surface area (Å²) in [6.45, 7) is 4.97. The lowest BCUT2D eigenvalue weighted by molar-refractivity contribution is 0.0592. The molecular weight excluding hydrogens is 300 g/mol. The molecule has 1 saturated heterocycles. The topological polar surface area (TPSA) is 84.9 Å². The van der Waals surface area contributed by atoms with Crippen molar-refractivity contribution in [3.8, 4) is 0 Å². The zero-order valence-electron chi connectivity index (χ0n) is 13.5. The Labute approximate surface area is 135 Å². The van der Waals surface area contributed by atoms with Gasteiger partial charge in [-0.3, -0.25) is 0 Å². The molecular formula is C15H22N4O4. The van der Waals surface area contributed by atoms with Crippen LogP contribution >= 0.6 is 0 Å². The molecule has 1 aliphatic rings. The molecule has 1 fully saturated rings. The highest BCUT2D eigenvalue weighted by atomic mass is 16.6. The Morgan fingerprint density at radius 3 is 2.48 bits per heavy atom. The van der Waals surface area contributed by atoms with Gasteiger partial charge >= 0.3 is 12.1 Å². The number of hydrogen-bond acceptors (Lipinski definition) is 7. The number of carbonyl (C=O) groups is 2. The van der Waals surface area contributed by atoms with E-state index in [1.807, 2.05) is 4.90 Å². The number of hydrogen-bond donors (Lipinski definition) is 0. The molecule has 0 unspecified atom stereocenters. The quantitative estimate of drug-likeness (QED) is 0.597. The second-order valence-corrected chi connectivity index (χ2v) is 5.21. The summed E-state index contributed by atoms with van der Waals surface area (Å²) in [6, 6.07) is 3.31. The van der Waals surface area contributed by atoms with Gasteiger partial charge in [0.1, 0.15) is 0 Å². The lowest BCUT2D eigenvalue weighted by atomic mass is 10.3. The van der Waals surface area contributed by atoms with Crippen LogP contribution < -0.4 is 4.90 Å². The van der Waals surface area contributed by atoms with E-state index in [0.29, 0.717) is 38.6 Å². The van der Waals surface area contributed by atoms with Crippen molar-refractivity contribution in [3.63, 3.8) is 0 Å². The standard InChI is InChI=1S/C15H22N4O4/c1-3-4-11-23-15(21)19-9-7-18(8-10-19)13-6-5-12(16-17-13)14(20)22-2/h5-6H,3-4,7-11H2,1-2H3. The lowest BCUT2D eigenvalue weighted by Gasteiger charge is -2.34. The van der Waals surface area contributed by atoms with E-state index in [1.54, 1.807) is 17.0 Å². The van der Waals surface area contributed by atoms with Crippen LogP contribution in [-0.2, 0) is 9.47 Å². The average Bonchev–Trinajstić information content (AvgIpc) is 2.61. The second-order valence-electron chi connectivity index (χ2n) is 5.21. The Morgan fingerprint density at radius 2 is 1.91 bits per heavy atom. The molecule has 0 N–H and O–H groups in total. The fraction of sp³-hybridized carbons (Fsp3) is 0.600. The molecule has 1 aromatic heterocycles. The van der Waals surface area contributed by atoms with Gasteiger partial charge in [0.15, 0.2) is 11.5 Å². The maximum Gasteiger partial charge on any atom is 0.409 e. The Bertz CT molecular complexity index is 527. The van der Waals surface area contributed by atoms with Gasteiger partial charge in [-0.25, -0.2) is 9.59 Å². The molecule has 0 spiro atoms. The number of unbranched alkanes of at least 4 members (excludes halogenated alkanes) is 1. The largest absolute Gasteiger partial charge is 0.464 e. The predicted octanol–water partition coefficient (Wildman–Crippen LogP) is 1.32. The molecule has 0 aromatic carbocycles. The van der Waals surface area contributed by atoms with E-state index < -0.39 is 5.97 Å². The van der Waals surface area contributed by atoms with Crippen molar-refractivity contribution in [1.82, 2.24) is 15.1 Å². The molecule has 126 valence electrons. The van der Waals surface area contributed by atoms with E-state index in [4.69, 9.17) is 4.74 Å². The molecule has 0 saturated carbocycles. The van der Waals surface area contributed by atoms with Crippen LogP contribution in [0.15, 0.2) is 12.1 Å². The molecule has 2 rings (SSSR count). The smallest absolute Gasteiger partial charge is 0.409 e. The summed E-state index contributed by atoms with van der Waals surface area (Å²) in [5.74, 6) is 0.167. The van der Waals surface area contributed by atoms with Crippen LogP contribution in [0.1, 0.15) is 30.3 Å². The minimum Gasteiger partial charge on any atom is -0.464 e. The molecule has 0 atom stereocenters. The maximum atomic E-state index is 11.9. The zero-order valence-corrected chi connectivity index (χ0v) is 13.5. The average molecular weight is 322 g/mol. The molecule has 0 aliphatic carbocycles. The van der Waals surface area contributed by atoms with Crippen molar-refractivity contribution in [2.24, 2.45) is 0 Å². The molecule has 8 nitrogen and oxygen atoms in total. The minimum atomic E-state index is -0.510. The minimum absolute atomic E-state index is 0.175. The van der Waals surface area contributed by atoms with E-state index in [2.05, 4.69) is 21.9 Å². The zero-order chi connectivity index (χ0) is 16.7. The molecule has 1 amide bonds. The van der Waals surface area contributed by atoms with Gasteiger partial charge in [0.25, 0.3) is 0 Å². The van der Waals surface area contributed by atoms with Crippen molar-refractivity contribution in [3.05, 3.63) is 17.8 Å². The Kier molecular flexibility index (Phi) is 6.13. The van der Waals surface area contributed by atoms with Crippen LogP contribution in [-0.4, -0.2) is 67.1 Å². The SMILES string of the molecule is CCCCOC(=O)N1CCN(c2ccc(C(=O)OC)nn2)CC1. The summed E-state index contributed by atoms with van der Waals surface area (Å²) in [5.41, 5.74) is 0.175. The summed E-state index contributed by atoms with van der Waals surface area (Å²) in [5, 5.41) is 7.90. The van der Waals surface area contributed by atoms with Crippen molar-refractivity contribution < 1.29 is 19.1 Å². The van der Waals surface area contributed by atoms with Crippen molar-refractivity contribution >= 4 is 17.9 Å². The number of methoxy groups -OCH3 is 1. The summed E-state index contributed by atoms with van der Waals surface area (Å²) in [7, 11) is 1.30. The molecule has 8 heteroatoms. The molecule has 2 heterocycles. The van der Waals surface area contributed by atoms with Crippen LogP contribution in [0.3, 0.4) is 0 Å². The Hall–Kier alpha value is -2.38. The van der Waals surface area contributed by atoms with Gasteiger partial charge in [0.05, 0.1) is 13.7 Å². The van der Waals surface area contributed by atoms with E-state index in [1.165, 1.54) is 7.11 Å². The molecule has 1 aliphatic heterocycles. The normalized spacial score (nSPS) is 14.5. The third kappa shape index (κ3) is 4.54. The van der Waals surface area contributed by atoms with Gasteiger partial charge in [0.2, 0.25) is 0 Å². The Morgan fingerprint density at radius 1 is 1.17 bits per heavy atom. The van der Waals surface area contributed by atoms with Crippen LogP contribution in [0.5, 0.6) is 0 Å². The Balaban J connectivity index is 1.84. The molecule has 23 heavy (non-hydrogen) atoms. The molecule has 1 aromatic rings. The van der Waals surface area contributed by atoms with E-state index in [-0.39, 0.29) is 11.8 Å². The predicted molar refractivity (Wildman–Crippen MR) is 83.4 cm³/mol. The number of amides is 1. The molecule has 0 radical (unpaired) electrons. The fourth-order valence-electron chi connectivity index (χ4n) is 2.22. The number of anilines is 1. The summed E-state index contributed by atoms with van der Waals surface area (Å²) in [4.78, 5) is 26.9.